The molecule has 0 fully saturated rings. The summed E-state index contributed by atoms with van der Waals surface area (Å²) in [5.74, 6) is -0.238. The second-order valence-corrected chi connectivity index (χ2v) is 6.26. The van der Waals surface area contributed by atoms with Crippen LogP contribution in [0.1, 0.15) is 20.3 Å². The van der Waals surface area contributed by atoms with Gasteiger partial charge < -0.3 is 9.47 Å². The summed E-state index contributed by atoms with van der Waals surface area (Å²) in [6.45, 7) is 8.47. The lowest BCUT2D eigenvalue weighted by Crippen LogP contribution is -2.24. The van der Waals surface area contributed by atoms with E-state index in [0.29, 0.717) is 0 Å². The SMILES string of the molecule is CCN(CC)CCCn1cnc(-c2ccc(F)cc2)c1-c1ccncc1. The van der Waals surface area contributed by atoms with Gasteiger partial charge in [0.2, 0.25) is 0 Å². The molecule has 26 heavy (non-hydrogen) atoms. The topological polar surface area (TPSA) is 34.0 Å². The summed E-state index contributed by atoms with van der Waals surface area (Å²) < 4.78 is 15.5. The van der Waals surface area contributed by atoms with Gasteiger partial charge in [0.25, 0.3) is 0 Å². The fourth-order valence-electron chi connectivity index (χ4n) is 3.19. The van der Waals surface area contributed by atoms with Crippen molar-refractivity contribution in [3.63, 3.8) is 0 Å². The predicted octanol–water partition coefficient (Wildman–Crippen LogP) is 4.48. The summed E-state index contributed by atoms with van der Waals surface area (Å²) in [5, 5.41) is 0. The lowest BCUT2D eigenvalue weighted by atomic mass is 10.1. The number of nitrogens with zero attached hydrogens (tertiary/aromatic N) is 4. The minimum absolute atomic E-state index is 0.238. The average Bonchev–Trinajstić information content (AvgIpc) is 3.10. The molecule has 4 nitrogen and oxygen atoms in total. The summed E-state index contributed by atoms with van der Waals surface area (Å²) in [4.78, 5) is 11.2. The van der Waals surface area contributed by atoms with Crippen LogP contribution in [0, 0.1) is 5.82 Å². The van der Waals surface area contributed by atoms with Gasteiger partial charge in [-0.3, -0.25) is 4.98 Å². The van der Waals surface area contributed by atoms with E-state index in [-0.39, 0.29) is 5.82 Å². The summed E-state index contributed by atoms with van der Waals surface area (Å²) in [7, 11) is 0. The molecule has 3 rings (SSSR count). The monoisotopic (exact) mass is 352 g/mol. The van der Waals surface area contributed by atoms with Crippen LogP contribution in [0.4, 0.5) is 4.39 Å². The molecule has 2 aromatic heterocycles. The van der Waals surface area contributed by atoms with Gasteiger partial charge in [-0.05, 0) is 62.5 Å². The molecule has 0 N–H and O–H groups in total. The Morgan fingerprint density at radius 3 is 2.31 bits per heavy atom. The van der Waals surface area contributed by atoms with Crippen LogP contribution < -0.4 is 0 Å². The molecule has 5 heteroatoms. The minimum atomic E-state index is -0.238. The van der Waals surface area contributed by atoms with Crippen molar-refractivity contribution in [3.8, 4) is 22.5 Å². The fourth-order valence-corrected chi connectivity index (χ4v) is 3.19. The summed E-state index contributed by atoms with van der Waals surface area (Å²) >= 11 is 0. The van der Waals surface area contributed by atoms with Crippen molar-refractivity contribution in [1.29, 1.82) is 0 Å². The normalized spacial score (nSPS) is 11.2. The molecule has 2 heterocycles. The van der Waals surface area contributed by atoms with Crippen LogP contribution in [0.25, 0.3) is 22.5 Å². The van der Waals surface area contributed by atoms with Crippen LogP contribution in [-0.4, -0.2) is 39.1 Å². The molecular formula is C21H25FN4. The Balaban J connectivity index is 1.91. The van der Waals surface area contributed by atoms with Gasteiger partial charge >= 0.3 is 0 Å². The standard InChI is InChI=1S/C21H25FN4/c1-3-25(4-2)14-5-15-26-16-24-20(17-6-8-19(22)9-7-17)21(26)18-10-12-23-13-11-18/h6-13,16H,3-5,14-15H2,1-2H3. The van der Waals surface area contributed by atoms with E-state index >= 15 is 0 Å². The second kappa shape index (κ2) is 8.72. The van der Waals surface area contributed by atoms with E-state index in [4.69, 9.17) is 0 Å². The molecule has 0 atom stereocenters. The third-order valence-electron chi connectivity index (χ3n) is 4.68. The number of aromatic nitrogens is 3. The molecule has 0 aliphatic heterocycles. The number of hydrogen-bond donors (Lipinski definition) is 0. The number of hydrogen-bond acceptors (Lipinski definition) is 3. The molecule has 0 unspecified atom stereocenters. The highest BCUT2D eigenvalue weighted by Gasteiger charge is 2.15. The van der Waals surface area contributed by atoms with Gasteiger partial charge in [-0.2, -0.15) is 0 Å². The van der Waals surface area contributed by atoms with Crippen molar-refractivity contribution in [2.24, 2.45) is 0 Å². The zero-order valence-electron chi connectivity index (χ0n) is 15.4. The molecule has 0 saturated carbocycles. The first-order valence-corrected chi connectivity index (χ1v) is 9.16. The lowest BCUT2D eigenvalue weighted by molar-refractivity contribution is 0.293. The Bertz CT molecular complexity index is 808. The Morgan fingerprint density at radius 1 is 0.962 bits per heavy atom. The van der Waals surface area contributed by atoms with Crippen LogP contribution in [0.15, 0.2) is 55.1 Å². The molecule has 0 spiro atoms. The molecule has 0 aliphatic carbocycles. The van der Waals surface area contributed by atoms with Crippen molar-refractivity contribution in [1.82, 2.24) is 19.4 Å². The van der Waals surface area contributed by atoms with Crippen molar-refractivity contribution in [2.45, 2.75) is 26.8 Å². The first kappa shape index (κ1) is 18.3. The zero-order chi connectivity index (χ0) is 18.4. The van der Waals surface area contributed by atoms with Gasteiger partial charge in [0.05, 0.1) is 17.7 Å². The molecule has 0 amide bonds. The number of rotatable bonds is 8. The summed E-state index contributed by atoms with van der Waals surface area (Å²) in [5.41, 5.74) is 3.91. The van der Waals surface area contributed by atoms with Gasteiger partial charge in [-0.15, -0.1) is 0 Å². The predicted molar refractivity (Wildman–Crippen MR) is 103 cm³/mol. The molecule has 0 saturated heterocycles. The number of imidazole rings is 1. The summed E-state index contributed by atoms with van der Waals surface area (Å²) in [6.07, 6.45) is 6.52. The zero-order valence-corrected chi connectivity index (χ0v) is 15.4. The van der Waals surface area contributed by atoms with Gasteiger partial charge in [0.15, 0.2) is 0 Å². The van der Waals surface area contributed by atoms with Crippen LogP contribution in [0.2, 0.25) is 0 Å². The molecule has 1 aromatic carbocycles. The largest absolute Gasteiger partial charge is 0.330 e. The highest BCUT2D eigenvalue weighted by Crippen LogP contribution is 2.31. The molecule has 0 aliphatic rings. The van der Waals surface area contributed by atoms with Gasteiger partial charge in [-0.25, -0.2) is 9.37 Å². The number of pyridine rings is 1. The van der Waals surface area contributed by atoms with E-state index in [0.717, 1.165) is 55.1 Å². The van der Waals surface area contributed by atoms with E-state index in [1.807, 2.05) is 18.5 Å². The Kier molecular flexibility index (Phi) is 6.12. The van der Waals surface area contributed by atoms with Crippen molar-refractivity contribution >= 4 is 0 Å². The van der Waals surface area contributed by atoms with Crippen LogP contribution in [0.5, 0.6) is 0 Å². The average molecular weight is 352 g/mol. The molecular weight excluding hydrogens is 327 g/mol. The van der Waals surface area contributed by atoms with Crippen molar-refractivity contribution in [2.75, 3.05) is 19.6 Å². The van der Waals surface area contributed by atoms with Crippen molar-refractivity contribution in [3.05, 3.63) is 60.9 Å². The van der Waals surface area contributed by atoms with Crippen LogP contribution >= 0.6 is 0 Å². The molecule has 136 valence electrons. The number of aryl methyl sites for hydroxylation is 1. The van der Waals surface area contributed by atoms with Crippen LogP contribution in [0.3, 0.4) is 0 Å². The quantitative estimate of drug-likeness (QED) is 0.599. The van der Waals surface area contributed by atoms with E-state index in [1.165, 1.54) is 12.1 Å². The Hall–Kier alpha value is -2.53. The van der Waals surface area contributed by atoms with Gasteiger partial charge in [0, 0.05) is 30.1 Å². The van der Waals surface area contributed by atoms with Crippen LogP contribution in [-0.2, 0) is 6.54 Å². The Morgan fingerprint density at radius 2 is 1.65 bits per heavy atom. The summed E-state index contributed by atoms with van der Waals surface area (Å²) in [6, 6.07) is 10.5. The van der Waals surface area contributed by atoms with Crippen molar-refractivity contribution < 1.29 is 4.39 Å². The van der Waals surface area contributed by atoms with Gasteiger partial charge in [0.1, 0.15) is 5.82 Å². The van der Waals surface area contributed by atoms with E-state index in [9.17, 15) is 4.39 Å². The maximum atomic E-state index is 13.3. The first-order chi connectivity index (χ1) is 12.7. The maximum absolute atomic E-state index is 13.3. The van der Waals surface area contributed by atoms with E-state index in [2.05, 4.69) is 33.3 Å². The van der Waals surface area contributed by atoms with E-state index in [1.54, 1.807) is 24.5 Å². The third kappa shape index (κ3) is 4.17. The smallest absolute Gasteiger partial charge is 0.123 e. The third-order valence-corrected chi connectivity index (χ3v) is 4.68. The Labute approximate surface area is 154 Å². The van der Waals surface area contributed by atoms with Gasteiger partial charge in [-0.1, -0.05) is 13.8 Å². The van der Waals surface area contributed by atoms with E-state index < -0.39 is 0 Å². The number of benzene rings is 1. The first-order valence-electron chi connectivity index (χ1n) is 9.16. The minimum Gasteiger partial charge on any atom is -0.330 e. The highest BCUT2D eigenvalue weighted by atomic mass is 19.1. The highest BCUT2D eigenvalue weighted by molar-refractivity contribution is 5.78. The molecule has 3 aromatic rings. The number of halogens is 1. The fraction of sp³-hybridized carbons (Fsp3) is 0.333. The lowest BCUT2D eigenvalue weighted by Gasteiger charge is -2.18. The maximum Gasteiger partial charge on any atom is 0.123 e. The second-order valence-electron chi connectivity index (χ2n) is 6.26. The molecule has 0 bridgehead atoms. The molecule has 0 radical (unpaired) electrons.